The van der Waals surface area contributed by atoms with E-state index in [0.717, 1.165) is 20.0 Å². The van der Waals surface area contributed by atoms with Gasteiger partial charge < -0.3 is 4.42 Å². The SMILES string of the molecule is CSc1nnc(SCC(=O)N2N=C(c3ccc(Cl)cc3)CC2c2ccco2)s1. The molecule has 3 heterocycles. The third-order valence-electron chi connectivity index (χ3n) is 4.10. The second kappa shape index (κ2) is 8.69. The standard InChI is InChI=1S/C18H15ClN4O2S3/c1-26-17-20-21-18(28-17)27-10-16(24)23-14(15-3-2-8-25-15)9-13(22-23)11-4-6-12(19)7-5-11/h2-8,14H,9-10H2,1H3. The number of rotatable bonds is 6. The number of thioether (sulfide) groups is 2. The number of carbonyl (C=O) groups is 1. The third kappa shape index (κ3) is 4.27. The molecule has 3 aromatic rings. The van der Waals surface area contributed by atoms with Crippen molar-refractivity contribution in [2.75, 3.05) is 12.0 Å². The molecule has 0 N–H and O–H groups in total. The van der Waals surface area contributed by atoms with Crippen molar-refractivity contribution in [2.45, 2.75) is 21.1 Å². The van der Waals surface area contributed by atoms with Crippen molar-refractivity contribution >= 4 is 58.1 Å². The fraction of sp³-hybridized carbons (Fsp3) is 0.222. The molecule has 0 saturated carbocycles. The van der Waals surface area contributed by atoms with E-state index < -0.39 is 0 Å². The van der Waals surface area contributed by atoms with Gasteiger partial charge in [-0.1, -0.05) is 58.6 Å². The predicted octanol–water partition coefficient (Wildman–Crippen LogP) is 4.98. The molecule has 6 nitrogen and oxygen atoms in total. The number of aromatic nitrogens is 2. The lowest BCUT2D eigenvalue weighted by Crippen LogP contribution is -2.28. The number of halogens is 1. The first-order valence-electron chi connectivity index (χ1n) is 8.33. The Hall–Kier alpha value is -1.81. The first-order chi connectivity index (χ1) is 13.6. The van der Waals surface area contributed by atoms with Crippen molar-refractivity contribution in [1.29, 1.82) is 0 Å². The van der Waals surface area contributed by atoms with Gasteiger partial charge >= 0.3 is 0 Å². The van der Waals surface area contributed by atoms with Crippen LogP contribution in [-0.2, 0) is 4.79 Å². The normalized spacial score (nSPS) is 16.4. The van der Waals surface area contributed by atoms with Gasteiger partial charge in [-0.3, -0.25) is 4.79 Å². The third-order valence-corrected chi connectivity index (χ3v) is 7.37. The number of nitrogens with zero attached hydrogens (tertiary/aromatic N) is 4. The van der Waals surface area contributed by atoms with E-state index in [1.54, 1.807) is 6.26 Å². The van der Waals surface area contributed by atoms with E-state index in [9.17, 15) is 4.79 Å². The molecule has 1 atom stereocenters. The molecule has 0 bridgehead atoms. The van der Waals surface area contributed by atoms with Crippen LogP contribution in [-0.4, -0.2) is 38.8 Å². The van der Waals surface area contributed by atoms with E-state index in [2.05, 4.69) is 15.3 Å². The highest BCUT2D eigenvalue weighted by Crippen LogP contribution is 2.35. The molecule has 4 rings (SSSR count). The average Bonchev–Trinajstić information content (AvgIpc) is 3.46. The molecule has 1 aromatic carbocycles. The minimum absolute atomic E-state index is 0.101. The van der Waals surface area contributed by atoms with Crippen LogP contribution in [0, 0.1) is 0 Å². The van der Waals surface area contributed by atoms with Crippen molar-refractivity contribution in [1.82, 2.24) is 15.2 Å². The highest BCUT2D eigenvalue weighted by atomic mass is 35.5. The molecular weight excluding hydrogens is 436 g/mol. The minimum atomic E-state index is -0.259. The molecule has 1 unspecified atom stereocenters. The minimum Gasteiger partial charge on any atom is -0.467 e. The molecule has 2 aromatic heterocycles. The summed E-state index contributed by atoms with van der Waals surface area (Å²) in [7, 11) is 0. The molecule has 1 aliphatic heterocycles. The molecular formula is C18H15ClN4O2S3. The molecule has 0 saturated heterocycles. The van der Waals surface area contributed by atoms with Crippen molar-refractivity contribution in [3.05, 3.63) is 59.0 Å². The number of amides is 1. The van der Waals surface area contributed by atoms with Crippen LogP contribution in [0.25, 0.3) is 0 Å². The Bertz CT molecular complexity index is 989. The summed E-state index contributed by atoms with van der Waals surface area (Å²) in [5.41, 5.74) is 1.77. The number of hydrogen-bond donors (Lipinski definition) is 0. The zero-order valence-electron chi connectivity index (χ0n) is 14.7. The Labute approximate surface area is 179 Å². The van der Waals surface area contributed by atoms with Crippen LogP contribution in [0.3, 0.4) is 0 Å². The molecule has 0 radical (unpaired) electrons. The lowest BCUT2D eigenvalue weighted by molar-refractivity contribution is -0.130. The van der Waals surface area contributed by atoms with Gasteiger partial charge in [-0.05, 0) is 36.1 Å². The van der Waals surface area contributed by atoms with Gasteiger partial charge in [-0.25, -0.2) is 5.01 Å². The second-order valence-electron chi connectivity index (χ2n) is 5.85. The van der Waals surface area contributed by atoms with E-state index in [-0.39, 0.29) is 17.7 Å². The van der Waals surface area contributed by atoms with E-state index >= 15 is 0 Å². The summed E-state index contributed by atoms with van der Waals surface area (Å²) in [6.45, 7) is 0. The quantitative estimate of drug-likeness (QED) is 0.493. The lowest BCUT2D eigenvalue weighted by Gasteiger charge is -2.19. The first kappa shape index (κ1) is 19.5. The van der Waals surface area contributed by atoms with Crippen LogP contribution in [0.4, 0.5) is 0 Å². The van der Waals surface area contributed by atoms with Gasteiger partial charge in [0, 0.05) is 11.4 Å². The van der Waals surface area contributed by atoms with Crippen molar-refractivity contribution in [3.8, 4) is 0 Å². The first-order valence-corrected chi connectivity index (χ1v) is 11.7. The van der Waals surface area contributed by atoms with Crippen LogP contribution >= 0.6 is 46.5 Å². The van der Waals surface area contributed by atoms with Gasteiger partial charge in [0.2, 0.25) is 0 Å². The number of furan rings is 1. The van der Waals surface area contributed by atoms with Crippen LogP contribution in [0.15, 0.2) is 60.9 Å². The maximum Gasteiger partial charge on any atom is 0.253 e. The van der Waals surface area contributed by atoms with Gasteiger partial charge in [0.05, 0.1) is 17.7 Å². The van der Waals surface area contributed by atoms with Gasteiger partial charge in [-0.2, -0.15) is 5.10 Å². The van der Waals surface area contributed by atoms with Gasteiger partial charge in [0.15, 0.2) is 8.68 Å². The Morgan fingerprint density at radius 2 is 2.07 bits per heavy atom. The second-order valence-corrected chi connectivity index (χ2v) is 9.54. The highest BCUT2D eigenvalue weighted by Gasteiger charge is 2.34. The molecule has 0 aliphatic carbocycles. The summed E-state index contributed by atoms with van der Waals surface area (Å²) in [4.78, 5) is 12.9. The van der Waals surface area contributed by atoms with Crippen molar-refractivity contribution in [2.24, 2.45) is 5.10 Å². The predicted molar refractivity (Wildman–Crippen MR) is 113 cm³/mol. The summed E-state index contributed by atoms with van der Waals surface area (Å²) >= 11 is 10.4. The Kier molecular flexibility index (Phi) is 6.05. The van der Waals surface area contributed by atoms with Crippen LogP contribution in [0.2, 0.25) is 5.02 Å². The van der Waals surface area contributed by atoms with Gasteiger partial charge in [0.1, 0.15) is 11.8 Å². The average molecular weight is 451 g/mol. The maximum atomic E-state index is 12.9. The Balaban J connectivity index is 1.53. The maximum absolute atomic E-state index is 12.9. The zero-order valence-corrected chi connectivity index (χ0v) is 17.9. The van der Waals surface area contributed by atoms with Crippen LogP contribution in [0.5, 0.6) is 0 Å². The van der Waals surface area contributed by atoms with E-state index in [0.29, 0.717) is 17.2 Å². The number of carbonyl (C=O) groups excluding carboxylic acids is 1. The smallest absolute Gasteiger partial charge is 0.253 e. The van der Waals surface area contributed by atoms with Crippen LogP contribution < -0.4 is 0 Å². The van der Waals surface area contributed by atoms with E-state index in [4.69, 9.17) is 16.0 Å². The Morgan fingerprint density at radius 1 is 1.29 bits per heavy atom. The van der Waals surface area contributed by atoms with E-state index in [1.165, 1.54) is 39.9 Å². The molecule has 144 valence electrons. The zero-order chi connectivity index (χ0) is 19.5. The largest absolute Gasteiger partial charge is 0.467 e. The van der Waals surface area contributed by atoms with Gasteiger partial charge in [-0.15, -0.1) is 10.2 Å². The monoisotopic (exact) mass is 450 g/mol. The summed E-state index contributed by atoms with van der Waals surface area (Å²) in [6, 6.07) is 10.9. The summed E-state index contributed by atoms with van der Waals surface area (Å²) < 4.78 is 7.22. The summed E-state index contributed by atoms with van der Waals surface area (Å²) in [6.07, 6.45) is 4.14. The molecule has 1 amide bonds. The molecule has 0 fully saturated rings. The van der Waals surface area contributed by atoms with E-state index in [1.807, 2.05) is 42.7 Å². The van der Waals surface area contributed by atoms with Crippen molar-refractivity contribution in [3.63, 3.8) is 0 Å². The summed E-state index contributed by atoms with van der Waals surface area (Å²) in [5, 5.41) is 14.9. The van der Waals surface area contributed by atoms with Crippen molar-refractivity contribution < 1.29 is 9.21 Å². The summed E-state index contributed by atoms with van der Waals surface area (Å²) in [5.74, 6) is 0.848. The molecule has 1 aliphatic rings. The molecule has 0 spiro atoms. The number of benzene rings is 1. The Morgan fingerprint density at radius 3 is 2.75 bits per heavy atom. The highest BCUT2D eigenvalue weighted by molar-refractivity contribution is 8.03. The molecule has 10 heteroatoms. The van der Waals surface area contributed by atoms with Gasteiger partial charge in [0.25, 0.3) is 5.91 Å². The number of hydrazone groups is 1. The topological polar surface area (TPSA) is 71.6 Å². The molecule has 28 heavy (non-hydrogen) atoms. The van der Waals surface area contributed by atoms with Crippen LogP contribution in [0.1, 0.15) is 23.8 Å². The fourth-order valence-electron chi connectivity index (χ4n) is 2.79. The lowest BCUT2D eigenvalue weighted by atomic mass is 10.0. The number of hydrogen-bond acceptors (Lipinski definition) is 8. The fourth-order valence-corrected chi connectivity index (χ4v) is 5.20.